The number of fused-ring (bicyclic) bond motifs is 1. The monoisotopic (exact) mass is 448 g/mol. The van der Waals surface area contributed by atoms with Gasteiger partial charge in [0, 0.05) is 43.2 Å². The molecule has 0 spiro atoms. The molecule has 2 aromatic carbocycles. The van der Waals surface area contributed by atoms with E-state index in [1.54, 1.807) is 21.3 Å². The maximum Gasteiger partial charge on any atom is 0.164 e. The molecule has 0 amide bonds. The van der Waals surface area contributed by atoms with Gasteiger partial charge >= 0.3 is 0 Å². The number of nitrogens with zero attached hydrogens (tertiary/aromatic N) is 2. The van der Waals surface area contributed by atoms with Gasteiger partial charge in [-0.3, -0.25) is 4.90 Å². The molecule has 1 aromatic heterocycles. The van der Waals surface area contributed by atoms with Crippen molar-refractivity contribution in [2.75, 3.05) is 27.9 Å². The van der Waals surface area contributed by atoms with E-state index in [0.29, 0.717) is 11.5 Å². The number of benzene rings is 2. The Balaban J connectivity index is 1.77. The molecule has 0 radical (unpaired) electrons. The van der Waals surface area contributed by atoms with Crippen molar-refractivity contribution >= 4 is 0 Å². The number of rotatable bonds is 6. The van der Waals surface area contributed by atoms with Crippen LogP contribution < -0.4 is 14.2 Å². The molecule has 0 saturated heterocycles. The second-order valence-electron chi connectivity index (χ2n) is 9.75. The van der Waals surface area contributed by atoms with Crippen molar-refractivity contribution in [1.82, 2.24) is 9.47 Å². The van der Waals surface area contributed by atoms with Gasteiger partial charge in [-0.15, -0.1) is 0 Å². The molecule has 1 aliphatic rings. The van der Waals surface area contributed by atoms with Gasteiger partial charge in [-0.2, -0.15) is 0 Å². The Labute approximate surface area is 197 Å². The first-order chi connectivity index (χ1) is 15.9. The third-order valence-corrected chi connectivity index (χ3v) is 6.59. The van der Waals surface area contributed by atoms with Gasteiger partial charge in [0.05, 0.1) is 27.4 Å². The molecule has 4 rings (SSSR count). The summed E-state index contributed by atoms with van der Waals surface area (Å²) >= 11 is 0. The summed E-state index contributed by atoms with van der Waals surface area (Å²) in [7, 11) is 5.05. The van der Waals surface area contributed by atoms with Gasteiger partial charge in [0.25, 0.3) is 0 Å². The summed E-state index contributed by atoms with van der Waals surface area (Å²) in [5.74, 6) is 2.19. The fraction of sp³-hybridized carbons (Fsp3) is 0.429. The van der Waals surface area contributed by atoms with Crippen molar-refractivity contribution in [3.63, 3.8) is 0 Å². The van der Waals surface area contributed by atoms with Crippen molar-refractivity contribution in [2.45, 2.75) is 51.7 Å². The average Bonchev–Trinajstić information content (AvgIpc) is 3.19. The Kier molecular flexibility index (Phi) is 6.71. The lowest BCUT2D eigenvalue weighted by Crippen LogP contribution is -2.30. The fourth-order valence-electron chi connectivity index (χ4n) is 4.78. The molecule has 1 unspecified atom stereocenters. The lowest BCUT2D eigenvalue weighted by Gasteiger charge is -2.32. The van der Waals surface area contributed by atoms with Gasteiger partial charge in [0.1, 0.15) is 5.75 Å². The summed E-state index contributed by atoms with van der Waals surface area (Å²) in [6.45, 7) is 9.62. The highest BCUT2D eigenvalue weighted by molar-refractivity contribution is 5.53. The fourth-order valence-corrected chi connectivity index (χ4v) is 4.78. The normalized spacial score (nSPS) is 16.7. The average molecular weight is 449 g/mol. The molecule has 176 valence electrons. The highest BCUT2D eigenvalue weighted by atomic mass is 16.5. The van der Waals surface area contributed by atoms with Gasteiger partial charge in [-0.1, -0.05) is 45.0 Å². The van der Waals surface area contributed by atoms with E-state index in [0.717, 1.165) is 37.4 Å². The predicted octanol–water partition coefficient (Wildman–Crippen LogP) is 5.81. The largest absolute Gasteiger partial charge is 0.496 e. The summed E-state index contributed by atoms with van der Waals surface area (Å²) in [6.07, 6.45) is 3.27. The second kappa shape index (κ2) is 9.52. The van der Waals surface area contributed by atoms with E-state index in [1.165, 1.54) is 16.8 Å². The highest BCUT2D eigenvalue weighted by Crippen LogP contribution is 2.43. The Hall–Kier alpha value is -2.92. The molecule has 0 N–H and O–H groups in total. The van der Waals surface area contributed by atoms with Crippen LogP contribution in [0.25, 0.3) is 0 Å². The Morgan fingerprint density at radius 2 is 1.52 bits per heavy atom. The van der Waals surface area contributed by atoms with Gasteiger partial charge in [0.2, 0.25) is 0 Å². The number of hydrogen-bond acceptors (Lipinski definition) is 4. The first kappa shape index (κ1) is 23.2. The zero-order chi connectivity index (χ0) is 23.6. The van der Waals surface area contributed by atoms with Crippen LogP contribution in [0.1, 0.15) is 55.6 Å². The molecule has 2 heterocycles. The lowest BCUT2D eigenvalue weighted by molar-refractivity contribution is 0.215. The van der Waals surface area contributed by atoms with E-state index in [1.807, 2.05) is 6.07 Å². The van der Waals surface area contributed by atoms with Gasteiger partial charge in [-0.25, -0.2) is 0 Å². The van der Waals surface area contributed by atoms with E-state index in [9.17, 15) is 0 Å². The lowest BCUT2D eigenvalue weighted by atomic mass is 9.86. The molecule has 1 aliphatic heterocycles. The molecule has 0 saturated carbocycles. The minimum Gasteiger partial charge on any atom is -0.496 e. The summed E-state index contributed by atoms with van der Waals surface area (Å²) < 4.78 is 19.4. The van der Waals surface area contributed by atoms with Crippen LogP contribution in [-0.4, -0.2) is 37.3 Å². The summed E-state index contributed by atoms with van der Waals surface area (Å²) in [6, 6.07) is 17.5. The first-order valence-corrected chi connectivity index (χ1v) is 11.6. The summed E-state index contributed by atoms with van der Waals surface area (Å²) in [5.41, 5.74) is 5.17. The van der Waals surface area contributed by atoms with Crippen LogP contribution in [0.2, 0.25) is 0 Å². The van der Waals surface area contributed by atoms with E-state index in [4.69, 9.17) is 14.2 Å². The molecule has 0 fully saturated rings. The molecular formula is C28H36N2O3. The molecule has 0 aliphatic carbocycles. The smallest absolute Gasteiger partial charge is 0.164 e. The number of ether oxygens (including phenoxy) is 3. The highest BCUT2D eigenvalue weighted by Gasteiger charge is 2.31. The molecule has 33 heavy (non-hydrogen) atoms. The third-order valence-electron chi connectivity index (χ3n) is 6.59. The van der Waals surface area contributed by atoms with Gasteiger partial charge in [-0.05, 0) is 41.2 Å². The molecular weight excluding hydrogens is 412 g/mol. The van der Waals surface area contributed by atoms with Crippen LogP contribution in [0, 0.1) is 0 Å². The zero-order valence-electron chi connectivity index (χ0n) is 20.7. The SMILES string of the molecule is COc1cc(OC)c(C2c3cccn3CCCN2Cc2ccc(C(C)(C)C)cc2)cc1OC. The number of methoxy groups -OCH3 is 3. The minimum absolute atomic E-state index is 0.0412. The summed E-state index contributed by atoms with van der Waals surface area (Å²) in [5, 5.41) is 0. The van der Waals surface area contributed by atoms with Crippen molar-refractivity contribution in [2.24, 2.45) is 0 Å². The summed E-state index contributed by atoms with van der Waals surface area (Å²) in [4.78, 5) is 2.55. The van der Waals surface area contributed by atoms with Crippen LogP contribution in [0.3, 0.4) is 0 Å². The Morgan fingerprint density at radius 1 is 0.848 bits per heavy atom. The maximum atomic E-state index is 5.85. The van der Waals surface area contributed by atoms with Crippen molar-refractivity contribution in [1.29, 1.82) is 0 Å². The molecule has 5 heteroatoms. The molecule has 0 bridgehead atoms. The molecule has 1 atom stereocenters. The predicted molar refractivity (Wildman–Crippen MR) is 133 cm³/mol. The van der Waals surface area contributed by atoms with E-state index in [2.05, 4.69) is 78.9 Å². The third kappa shape index (κ3) is 4.74. The van der Waals surface area contributed by atoms with Crippen molar-refractivity contribution < 1.29 is 14.2 Å². The number of aromatic nitrogens is 1. The minimum atomic E-state index is 0.0412. The zero-order valence-corrected chi connectivity index (χ0v) is 20.7. The number of hydrogen-bond donors (Lipinski definition) is 0. The van der Waals surface area contributed by atoms with Gasteiger partial charge < -0.3 is 18.8 Å². The topological polar surface area (TPSA) is 35.9 Å². The molecule has 5 nitrogen and oxygen atoms in total. The van der Waals surface area contributed by atoms with Crippen molar-refractivity contribution in [3.05, 3.63) is 77.1 Å². The van der Waals surface area contributed by atoms with Crippen LogP contribution in [0.5, 0.6) is 17.2 Å². The second-order valence-corrected chi connectivity index (χ2v) is 9.75. The van der Waals surface area contributed by atoms with Crippen LogP contribution in [0.4, 0.5) is 0 Å². The van der Waals surface area contributed by atoms with E-state index < -0.39 is 0 Å². The van der Waals surface area contributed by atoms with Crippen LogP contribution >= 0.6 is 0 Å². The van der Waals surface area contributed by atoms with Crippen LogP contribution in [-0.2, 0) is 18.5 Å². The van der Waals surface area contributed by atoms with Gasteiger partial charge in [0.15, 0.2) is 11.5 Å². The van der Waals surface area contributed by atoms with Crippen LogP contribution in [0.15, 0.2) is 54.7 Å². The quantitative estimate of drug-likeness (QED) is 0.477. The van der Waals surface area contributed by atoms with E-state index in [-0.39, 0.29) is 11.5 Å². The number of aryl methyl sites for hydroxylation is 1. The van der Waals surface area contributed by atoms with E-state index >= 15 is 0 Å². The Morgan fingerprint density at radius 3 is 2.15 bits per heavy atom. The maximum absolute atomic E-state index is 5.85. The standard InChI is InChI=1S/C28H36N2O3/c1-28(2,3)21-12-10-20(11-13-21)19-30-16-8-15-29-14-7-9-23(29)27(30)22-17-25(32-5)26(33-6)18-24(22)31-4/h7,9-14,17-18,27H,8,15-16,19H2,1-6H3. The van der Waals surface area contributed by atoms with Crippen molar-refractivity contribution in [3.8, 4) is 17.2 Å². The Bertz CT molecular complexity index is 1080. The molecule has 3 aromatic rings. The first-order valence-electron chi connectivity index (χ1n) is 11.6.